The molecule has 23 heavy (non-hydrogen) atoms. The molecular weight excluding hydrogens is 306 g/mol. The van der Waals surface area contributed by atoms with Crippen molar-refractivity contribution in [3.8, 4) is 5.75 Å². The summed E-state index contributed by atoms with van der Waals surface area (Å²) >= 11 is 1.56. The van der Waals surface area contributed by atoms with Crippen LogP contribution in [0.3, 0.4) is 0 Å². The molecule has 3 nitrogen and oxygen atoms in total. The van der Waals surface area contributed by atoms with Crippen molar-refractivity contribution in [3.05, 3.63) is 66.2 Å². The Hall–Kier alpha value is -2.46. The highest BCUT2D eigenvalue weighted by Gasteiger charge is 2.13. The molecule has 0 fully saturated rings. The van der Waals surface area contributed by atoms with E-state index in [0.29, 0.717) is 5.56 Å². The van der Waals surface area contributed by atoms with Crippen molar-refractivity contribution in [1.82, 2.24) is 0 Å². The quantitative estimate of drug-likeness (QED) is 0.699. The van der Waals surface area contributed by atoms with E-state index in [0.717, 1.165) is 27.1 Å². The van der Waals surface area contributed by atoms with E-state index in [1.807, 2.05) is 66.9 Å². The number of benzene rings is 3. The third-order valence-electron chi connectivity index (χ3n) is 3.70. The summed E-state index contributed by atoms with van der Waals surface area (Å²) in [4.78, 5) is 13.6. The summed E-state index contributed by atoms with van der Waals surface area (Å²) in [6.45, 7) is 0. The SMILES string of the molecule is COc1ccc(NC(=O)c2ccccc2SC)c2ccccc12. The van der Waals surface area contributed by atoms with Crippen molar-refractivity contribution in [2.75, 3.05) is 18.7 Å². The van der Waals surface area contributed by atoms with Gasteiger partial charge in [-0.2, -0.15) is 0 Å². The molecule has 4 heteroatoms. The summed E-state index contributed by atoms with van der Waals surface area (Å²) in [5.41, 5.74) is 1.46. The highest BCUT2D eigenvalue weighted by atomic mass is 32.2. The normalized spacial score (nSPS) is 10.5. The molecule has 0 saturated heterocycles. The second-order valence-electron chi connectivity index (χ2n) is 5.02. The number of carbonyl (C=O) groups is 1. The van der Waals surface area contributed by atoms with E-state index in [1.165, 1.54) is 0 Å². The predicted octanol–water partition coefficient (Wildman–Crippen LogP) is 4.82. The lowest BCUT2D eigenvalue weighted by Gasteiger charge is -2.13. The molecule has 0 aliphatic rings. The minimum absolute atomic E-state index is 0.106. The van der Waals surface area contributed by atoms with Gasteiger partial charge in [0.25, 0.3) is 5.91 Å². The Kier molecular flexibility index (Phi) is 4.53. The van der Waals surface area contributed by atoms with E-state index in [2.05, 4.69) is 5.32 Å². The van der Waals surface area contributed by atoms with Crippen LogP contribution < -0.4 is 10.1 Å². The second kappa shape index (κ2) is 6.75. The number of hydrogen-bond donors (Lipinski definition) is 1. The average molecular weight is 323 g/mol. The summed E-state index contributed by atoms with van der Waals surface area (Å²) in [5, 5.41) is 4.96. The molecule has 1 amide bonds. The Morgan fingerprint density at radius 3 is 2.39 bits per heavy atom. The summed E-state index contributed by atoms with van der Waals surface area (Å²) in [5.74, 6) is 0.688. The fourth-order valence-electron chi connectivity index (χ4n) is 2.58. The van der Waals surface area contributed by atoms with Gasteiger partial charge in [0.15, 0.2) is 0 Å². The van der Waals surface area contributed by atoms with Crippen LogP contribution in [0.1, 0.15) is 10.4 Å². The molecule has 116 valence electrons. The van der Waals surface area contributed by atoms with Crippen LogP contribution in [0.2, 0.25) is 0 Å². The first-order valence-electron chi connectivity index (χ1n) is 7.24. The molecule has 0 saturated carbocycles. The number of carbonyl (C=O) groups excluding carboxylic acids is 1. The zero-order chi connectivity index (χ0) is 16.2. The van der Waals surface area contributed by atoms with Crippen molar-refractivity contribution >= 4 is 34.1 Å². The lowest BCUT2D eigenvalue weighted by Crippen LogP contribution is -2.13. The highest BCUT2D eigenvalue weighted by Crippen LogP contribution is 2.32. The Morgan fingerprint density at radius 1 is 0.957 bits per heavy atom. The molecule has 0 heterocycles. The molecule has 1 N–H and O–H groups in total. The first-order valence-corrected chi connectivity index (χ1v) is 8.47. The number of anilines is 1. The Balaban J connectivity index is 2.00. The van der Waals surface area contributed by atoms with Gasteiger partial charge in [0, 0.05) is 21.4 Å². The summed E-state index contributed by atoms with van der Waals surface area (Å²) in [6.07, 6.45) is 1.97. The van der Waals surface area contributed by atoms with Crippen molar-refractivity contribution in [2.45, 2.75) is 4.90 Å². The Bertz CT molecular complexity index is 861. The van der Waals surface area contributed by atoms with Gasteiger partial charge in [0.05, 0.1) is 12.7 Å². The van der Waals surface area contributed by atoms with Crippen molar-refractivity contribution in [1.29, 1.82) is 0 Å². The van der Waals surface area contributed by atoms with Crippen LogP contribution in [-0.4, -0.2) is 19.3 Å². The summed E-state index contributed by atoms with van der Waals surface area (Å²) in [6, 6.07) is 19.2. The first-order chi connectivity index (χ1) is 11.2. The second-order valence-corrected chi connectivity index (χ2v) is 5.86. The summed E-state index contributed by atoms with van der Waals surface area (Å²) < 4.78 is 5.39. The van der Waals surface area contributed by atoms with Gasteiger partial charge in [0.1, 0.15) is 5.75 Å². The maximum atomic E-state index is 12.6. The zero-order valence-corrected chi connectivity index (χ0v) is 13.8. The molecule has 3 rings (SSSR count). The van der Waals surface area contributed by atoms with Gasteiger partial charge in [-0.05, 0) is 30.5 Å². The van der Waals surface area contributed by atoms with Gasteiger partial charge in [0.2, 0.25) is 0 Å². The fraction of sp³-hybridized carbons (Fsp3) is 0.105. The molecule has 0 radical (unpaired) electrons. The number of methoxy groups -OCH3 is 1. The fourth-order valence-corrected chi connectivity index (χ4v) is 3.18. The van der Waals surface area contributed by atoms with Gasteiger partial charge in [-0.25, -0.2) is 0 Å². The maximum Gasteiger partial charge on any atom is 0.256 e. The molecule has 0 atom stereocenters. The Labute approximate surface area is 139 Å². The first kappa shape index (κ1) is 15.4. The van der Waals surface area contributed by atoms with E-state index in [9.17, 15) is 4.79 Å². The predicted molar refractivity (Wildman–Crippen MR) is 96.7 cm³/mol. The number of ether oxygens (including phenoxy) is 1. The minimum Gasteiger partial charge on any atom is -0.496 e. The molecule has 0 bridgehead atoms. The monoisotopic (exact) mass is 323 g/mol. The van der Waals surface area contributed by atoms with E-state index < -0.39 is 0 Å². The van der Waals surface area contributed by atoms with Gasteiger partial charge < -0.3 is 10.1 Å². The smallest absolute Gasteiger partial charge is 0.256 e. The van der Waals surface area contributed by atoms with Crippen molar-refractivity contribution < 1.29 is 9.53 Å². The van der Waals surface area contributed by atoms with Crippen molar-refractivity contribution in [3.63, 3.8) is 0 Å². The number of nitrogens with one attached hydrogen (secondary N) is 1. The molecular formula is C19H17NO2S. The molecule has 0 aromatic heterocycles. The van der Waals surface area contributed by atoms with E-state index in [1.54, 1.807) is 18.9 Å². The number of thioether (sulfide) groups is 1. The van der Waals surface area contributed by atoms with Crippen LogP contribution in [0.4, 0.5) is 5.69 Å². The largest absolute Gasteiger partial charge is 0.496 e. The molecule has 0 aliphatic heterocycles. The summed E-state index contributed by atoms with van der Waals surface area (Å²) in [7, 11) is 1.65. The van der Waals surface area contributed by atoms with Gasteiger partial charge in [-0.3, -0.25) is 4.79 Å². The topological polar surface area (TPSA) is 38.3 Å². The molecule has 0 unspecified atom stereocenters. The standard InChI is InChI=1S/C19H17NO2S/c1-22-17-12-11-16(13-7-3-4-8-14(13)17)20-19(21)15-9-5-6-10-18(15)23-2/h3-12H,1-2H3,(H,20,21). The lowest BCUT2D eigenvalue weighted by molar-refractivity contribution is 0.102. The van der Waals surface area contributed by atoms with Crippen LogP contribution >= 0.6 is 11.8 Å². The van der Waals surface area contributed by atoms with Gasteiger partial charge in [-0.15, -0.1) is 11.8 Å². The minimum atomic E-state index is -0.106. The van der Waals surface area contributed by atoms with E-state index in [-0.39, 0.29) is 5.91 Å². The van der Waals surface area contributed by atoms with Crippen LogP contribution in [0, 0.1) is 0 Å². The highest BCUT2D eigenvalue weighted by molar-refractivity contribution is 7.98. The lowest BCUT2D eigenvalue weighted by atomic mass is 10.1. The van der Waals surface area contributed by atoms with Crippen LogP contribution in [-0.2, 0) is 0 Å². The van der Waals surface area contributed by atoms with Crippen LogP contribution in [0.25, 0.3) is 10.8 Å². The average Bonchev–Trinajstić information content (AvgIpc) is 2.62. The van der Waals surface area contributed by atoms with Gasteiger partial charge >= 0.3 is 0 Å². The number of hydrogen-bond acceptors (Lipinski definition) is 3. The number of rotatable bonds is 4. The molecule has 3 aromatic carbocycles. The van der Waals surface area contributed by atoms with Crippen molar-refractivity contribution in [2.24, 2.45) is 0 Å². The van der Waals surface area contributed by atoms with Crippen LogP contribution in [0.15, 0.2) is 65.6 Å². The zero-order valence-electron chi connectivity index (χ0n) is 13.0. The molecule has 3 aromatic rings. The van der Waals surface area contributed by atoms with Gasteiger partial charge in [-0.1, -0.05) is 36.4 Å². The molecule has 0 spiro atoms. The number of fused-ring (bicyclic) bond motifs is 1. The maximum absolute atomic E-state index is 12.6. The number of amides is 1. The van der Waals surface area contributed by atoms with E-state index in [4.69, 9.17) is 4.74 Å². The van der Waals surface area contributed by atoms with Crippen LogP contribution in [0.5, 0.6) is 5.75 Å². The molecule has 0 aliphatic carbocycles. The third kappa shape index (κ3) is 3.03. The Morgan fingerprint density at radius 2 is 1.65 bits per heavy atom. The third-order valence-corrected chi connectivity index (χ3v) is 4.50. The van der Waals surface area contributed by atoms with E-state index >= 15 is 0 Å².